The maximum absolute atomic E-state index is 12.8. The van der Waals surface area contributed by atoms with Gasteiger partial charge in [-0.1, -0.05) is 18.2 Å². The van der Waals surface area contributed by atoms with Crippen LogP contribution in [0.4, 0.5) is 0 Å². The van der Waals surface area contributed by atoms with E-state index in [9.17, 15) is 9.59 Å². The normalized spacial score (nSPS) is 17.7. The average Bonchev–Trinajstić information content (AvgIpc) is 3.47. The van der Waals surface area contributed by atoms with Gasteiger partial charge in [-0.3, -0.25) is 14.5 Å². The van der Waals surface area contributed by atoms with Gasteiger partial charge in [-0.05, 0) is 29.1 Å². The fourth-order valence-electron chi connectivity index (χ4n) is 4.01. The molecule has 0 radical (unpaired) electrons. The SMILES string of the molecule is O=C(c1ccc(-c2cccs2)cc1)N1CC(N2CCN(C(=O)c3nccs3)CC2)C1. The Bertz CT molecular complexity index is 1000. The summed E-state index contributed by atoms with van der Waals surface area (Å²) in [6, 6.07) is 12.4. The predicted octanol–water partition coefficient (Wildman–Crippen LogP) is 3.15. The summed E-state index contributed by atoms with van der Waals surface area (Å²) >= 11 is 3.09. The minimum Gasteiger partial charge on any atom is -0.335 e. The van der Waals surface area contributed by atoms with Crippen molar-refractivity contribution in [1.29, 1.82) is 0 Å². The van der Waals surface area contributed by atoms with Crippen LogP contribution in [0.1, 0.15) is 20.2 Å². The van der Waals surface area contributed by atoms with Crippen LogP contribution < -0.4 is 0 Å². The lowest BCUT2D eigenvalue weighted by molar-refractivity contribution is 0.00853. The Kier molecular flexibility index (Phi) is 5.37. The van der Waals surface area contributed by atoms with Crippen LogP contribution in [0.2, 0.25) is 0 Å². The fourth-order valence-corrected chi connectivity index (χ4v) is 5.34. The molecule has 2 aliphatic rings. The van der Waals surface area contributed by atoms with Crippen molar-refractivity contribution in [3.8, 4) is 10.4 Å². The Morgan fingerprint density at radius 1 is 0.867 bits per heavy atom. The van der Waals surface area contributed by atoms with Gasteiger partial charge in [0.25, 0.3) is 11.8 Å². The zero-order valence-corrected chi connectivity index (χ0v) is 18.1. The second-order valence-electron chi connectivity index (χ2n) is 7.58. The Morgan fingerprint density at radius 2 is 1.63 bits per heavy atom. The number of benzene rings is 1. The van der Waals surface area contributed by atoms with E-state index in [1.807, 2.05) is 45.5 Å². The smallest absolute Gasteiger partial charge is 0.282 e. The van der Waals surface area contributed by atoms with Crippen LogP contribution in [0.3, 0.4) is 0 Å². The number of amides is 2. The van der Waals surface area contributed by atoms with Crippen molar-refractivity contribution in [1.82, 2.24) is 19.7 Å². The number of piperazine rings is 1. The van der Waals surface area contributed by atoms with Crippen molar-refractivity contribution in [3.63, 3.8) is 0 Å². The monoisotopic (exact) mass is 438 g/mol. The Morgan fingerprint density at radius 3 is 2.27 bits per heavy atom. The van der Waals surface area contributed by atoms with E-state index in [4.69, 9.17) is 0 Å². The van der Waals surface area contributed by atoms with Crippen LogP contribution in [0.25, 0.3) is 10.4 Å². The molecule has 0 bridgehead atoms. The molecule has 0 unspecified atom stereocenters. The molecule has 6 nitrogen and oxygen atoms in total. The number of carbonyl (C=O) groups is 2. The molecule has 8 heteroatoms. The van der Waals surface area contributed by atoms with E-state index in [0.717, 1.165) is 37.3 Å². The third-order valence-electron chi connectivity index (χ3n) is 5.82. The molecule has 2 aromatic heterocycles. The number of hydrogen-bond donors (Lipinski definition) is 0. The van der Waals surface area contributed by atoms with Gasteiger partial charge in [0.05, 0.1) is 0 Å². The lowest BCUT2D eigenvalue weighted by Gasteiger charge is -2.48. The third-order valence-corrected chi connectivity index (χ3v) is 7.50. The molecule has 30 heavy (non-hydrogen) atoms. The molecule has 0 spiro atoms. The molecule has 4 heterocycles. The van der Waals surface area contributed by atoms with Gasteiger partial charge in [-0.15, -0.1) is 22.7 Å². The highest BCUT2D eigenvalue weighted by Crippen LogP contribution is 2.26. The number of hydrogen-bond acceptors (Lipinski definition) is 6. The first-order chi connectivity index (χ1) is 14.7. The van der Waals surface area contributed by atoms with E-state index < -0.39 is 0 Å². The summed E-state index contributed by atoms with van der Waals surface area (Å²) in [6.07, 6.45) is 1.67. The molecule has 0 N–H and O–H groups in total. The van der Waals surface area contributed by atoms with Crippen LogP contribution >= 0.6 is 22.7 Å². The largest absolute Gasteiger partial charge is 0.335 e. The zero-order valence-electron chi connectivity index (χ0n) is 16.4. The van der Waals surface area contributed by atoms with Gasteiger partial charge < -0.3 is 9.80 Å². The van der Waals surface area contributed by atoms with Crippen molar-refractivity contribution in [2.24, 2.45) is 0 Å². The molecule has 154 valence electrons. The summed E-state index contributed by atoms with van der Waals surface area (Å²) in [5, 5.41) is 4.46. The molecule has 2 aliphatic heterocycles. The first-order valence-corrected chi connectivity index (χ1v) is 11.8. The van der Waals surface area contributed by atoms with Gasteiger partial charge in [0.1, 0.15) is 0 Å². The van der Waals surface area contributed by atoms with Crippen LogP contribution in [-0.4, -0.2) is 76.8 Å². The van der Waals surface area contributed by atoms with E-state index in [1.54, 1.807) is 17.5 Å². The molecule has 3 aromatic rings. The van der Waals surface area contributed by atoms with E-state index in [2.05, 4.69) is 21.3 Å². The Labute approximate surface area is 183 Å². The molecule has 5 rings (SSSR count). The molecule has 2 amide bonds. The summed E-state index contributed by atoms with van der Waals surface area (Å²) in [5.74, 6) is 0.127. The standard InChI is InChI=1S/C22H22N4O2S2/c27-21(17-5-3-16(4-6-17)19-2-1-12-29-19)26-14-18(15-26)24-8-10-25(11-9-24)22(28)20-23-7-13-30-20/h1-7,12-13,18H,8-11,14-15H2. The quantitative estimate of drug-likeness (QED) is 0.628. The maximum atomic E-state index is 12.8. The lowest BCUT2D eigenvalue weighted by Crippen LogP contribution is -2.64. The van der Waals surface area contributed by atoms with Crippen molar-refractivity contribution in [2.45, 2.75) is 6.04 Å². The number of aromatic nitrogens is 1. The van der Waals surface area contributed by atoms with Gasteiger partial charge in [0, 0.05) is 67.3 Å². The zero-order chi connectivity index (χ0) is 20.5. The molecule has 0 aliphatic carbocycles. The van der Waals surface area contributed by atoms with E-state index >= 15 is 0 Å². The number of rotatable bonds is 4. The average molecular weight is 439 g/mol. The summed E-state index contributed by atoms with van der Waals surface area (Å²) < 4.78 is 0. The van der Waals surface area contributed by atoms with Crippen molar-refractivity contribution in [2.75, 3.05) is 39.3 Å². The molecule has 0 saturated carbocycles. The first kappa shape index (κ1) is 19.4. The molecule has 1 aromatic carbocycles. The first-order valence-electron chi connectivity index (χ1n) is 10.0. The number of carbonyl (C=O) groups excluding carboxylic acids is 2. The van der Waals surface area contributed by atoms with Crippen LogP contribution in [-0.2, 0) is 0 Å². The number of likely N-dealkylation sites (tertiary alicyclic amines) is 1. The van der Waals surface area contributed by atoms with Gasteiger partial charge in [-0.25, -0.2) is 4.98 Å². The second kappa shape index (κ2) is 8.29. The number of thiazole rings is 1. The summed E-state index contributed by atoms with van der Waals surface area (Å²) in [6.45, 7) is 4.64. The van der Waals surface area contributed by atoms with Gasteiger partial charge in [0.15, 0.2) is 5.01 Å². The Hall–Kier alpha value is -2.55. The van der Waals surface area contributed by atoms with E-state index in [-0.39, 0.29) is 11.8 Å². The Balaban J connectivity index is 1.11. The van der Waals surface area contributed by atoms with E-state index in [1.165, 1.54) is 16.2 Å². The molecular formula is C22H22N4O2S2. The second-order valence-corrected chi connectivity index (χ2v) is 9.43. The topological polar surface area (TPSA) is 56.8 Å². The summed E-state index contributed by atoms with van der Waals surface area (Å²) in [7, 11) is 0. The van der Waals surface area contributed by atoms with Gasteiger partial charge >= 0.3 is 0 Å². The molecular weight excluding hydrogens is 416 g/mol. The van der Waals surface area contributed by atoms with Crippen LogP contribution in [0.15, 0.2) is 53.4 Å². The third kappa shape index (κ3) is 3.78. The highest BCUT2D eigenvalue weighted by Gasteiger charge is 2.37. The fraction of sp³-hybridized carbons (Fsp3) is 0.318. The molecule has 2 fully saturated rings. The summed E-state index contributed by atoms with van der Waals surface area (Å²) in [4.78, 5) is 36.7. The van der Waals surface area contributed by atoms with Crippen molar-refractivity contribution in [3.05, 3.63) is 63.9 Å². The van der Waals surface area contributed by atoms with Gasteiger partial charge in [-0.2, -0.15) is 0 Å². The highest BCUT2D eigenvalue weighted by atomic mass is 32.1. The number of thiophene rings is 1. The molecule has 0 atom stereocenters. The van der Waals surface area contributed by atoms with Crippen molar-refractivity contribution < 1.29 is 9.59 Å². The van der Waals surface area contributed by atoms with Crippen LogP contribution in [0, 0.1) is 0 Å². The highest BCUT2D eigenvalue weighted by molar-refractivity contribution is 7.13. The van der Waals surface area contributed by atoms with Crippen molar-refractivity contribution >= 4 is 34.5 Å². The lowest BCUT2D eigenvalue weighted by atomic mass is 10.0. The minimum atomic E-state index is 0.0288. The predicted molar refractivity (Wildman–Crippen MR) is 119 cm³/mol. The van der Waals surface area contributed by atoms with Gasteiger partial charge in [0.2, 0.25) is 0 Å². The van der Waals surface area contributed by atoms with Crippen LogP contribution in [0.5, 0.6) is 0 Å². The minimum absolute atomic E-state index is 0.0288. The summed E-state index contributed by atoms with van der Waals surface area (Å²) in [5.41, 5.74) is 1.89. The number of nitrogens with zero attached hydrogens (tertiary/aromatic N) is 4. The molecule has 2 saturated heterocycles. The van der Waals surface area contributed by atoms with E-state index in [0.29, 0.717) is 24.1 Å². The maximum Gasteiger partial charge on any atom is 0.282 e.